The fourth-order valence-corrected chi connectivity index (χ4v) is 9.00. The maximum absolute atomic E-state index is 14.3. The Labute approximate surface area is 273 Å². The number of aryl methyl sites for hydroxylation is 1. The first-order valence-electron chi connectivity index (χ1n) is 15.0. The number of rotatable bonds is 3. The number of nitrogens with zero attached hydrogens (tertiary/aromatic N) is 3. The number of anilines is 1. The van der Waals surface area contributed by atoms with Crippen molar-refractivity contribution in [1.82, 2.24) is 9.88 Å². The van der Waals surface area contributed by atoms with Crippen molar-refractivity contribution in [2.45, 2.75) is 35.4 Å². The largest absolute Gasteiger partial charge is 0.508 e. The average molecular weight is 657 g/mol. The molecule has 9 nitrogen and oxygen atoms in total. The van der Waals surface area contributed by atoms with Gasteiger partial charge >= 0.3 is 0 Å². The van der Waals surface area contributed by atoms with Gasteiger partial charge in [0, 0.05) is 18.5 Å². The topological polar surface area (TPSA) is 121 Å². The van der Waals surface area contributed by atoms with Gasteiger partial charge < -0.3 is 9.52 Å². The molecule has 2 aliphatic carbocycles. The second-order valence-corrected chi connectivity index (χ2v) is 13.8. The normalized spacial score (nSPS) is 30.5. The molecule has 1 N–H and O–H groups in total. The third kappa shape index (κ3) is 3.67. The number of imide groups is 2. The standard InChI is InChI=1S/C35H27Cl2N3O6/c1-17-15-19(9-14-25(17)41)28-21-12-13-22-27(23(21)16-34(36)32(44)39(2)33(45)35(28,34)37)31(43)40(30(22)42)20-10-7-18(8-11-20)29-38-24-5-3-4-6-26(24)46-29/h3-12,14-15,22-23,27-28,41H,13,16H2,1-2H3. The Morgan fingerprint density at radius 2 is 1.67 bits per heavy atom. The summed E-state index contributed by atoms with van der Waals surface area (Å²) in [5, 5.41) is 10.3. The van der Waals surface area contributed by atoms with Gasteiger partial charge in [0.05, 0.1) is 17.5 Å². The van der Waals surface area contributed by atoms with Gasteiger partial charge in [-0.25, -0.2) is 4.98 Å². The Hall–Kier alpha value is -4.47. The summed E-state index contributed by atoms with van der Waals surface area (Å²) in [7, 11) is 1.35. The van der Waals surface area contributed by atoms with Crippen molar-refractivity contribution in [3.8, 4) is 17.2 Å². The minimum atomic E-state index is -1.87. The summed E-state index contributed by atoms with van der Waals surface area (Å²) in [6.45, 7) is 1.72. The molecule has 3 heterocycles. The van der Waals surface area contributed by atoms with Crippen LogP contribution in [0.1, 0.15) is 29.9 Å². The summed E-state index contributed by atoms with van der Waals surface area (Å²) in [4.78, 5) is 58.5. The molecule has 11 heteroatoms. The van der Waals surface area contributed by atoms with Crippen LogP contribution in [0.15, 0.2) is 82.8 Å². The van der Waals surface area contributed by atoms with Crippen LogP contribution < -0.4 is 4.90 Å². The van der Waals surface area contributed by atoms with Crippen LogP contribution in [0.2, 0.25) is 0 Å². The molecule has 0 spiro atoms. The van der Waals surface area contributed by atoms with Crippen molar-refractivity contribution >= 4 is 63.6 Å². The number of phenolic OH excluding ortho intramolecular Hbond substituents is 1. The van der Waals surface area contributed by atoms with Gasteiger partial charge in [-0.3, -0.25) is 29.0 Å². The Morgan fingerprint density at radius 3 is 2.39 bits per heavy atom. The van der Waals surface area contributed by atoms with E-state index in [1.807, 2.05) is 30.3 Å². The first-order chi connectivity index (χ1) is 22.0. The van der Waals surface area contributed by atoms with E-state index in [2.05, 4.69) is 4.98 Å². The molecule has 4 aromatic rings. The lowest BCUT2D eigenvalue weighted by atomic mass is 9.56. The Balaban J connectivity index is 1.18. The average Bonchev–Trinajstić information content (AvgIpc) is 3.63. The third-order valence-electron chi connectivity index (χ3n) is 10.2. The highest BCUT2D eigenvalue weighted by atomic mass is 35.5. The number of likely N-dealkylation sites (tertiary alicyclic amines) is 1. The smallest absolute Gasteiger partial charge is 0.253 e. The van der Waals surface area contributed by atoms with Gasteiger partial charge in [0.2, 0.25) is 17.7 Å². The number of hydrogen-bond acceptors (Lipinski definition) is 7. The number of amides is 4. The van der Waals surface area contributed by atoms with E-state index in [4.69, 9.17) is 27.6 Å². The molecule has 1 saturated carbocycles. The molecule has 232 valence electrons. The number of allylic oxidation sites excluding steroid dienone is 2. The minimum Gasteiger partial charge on any atom is -0.508 e. The molecule has 3 aromatic carbocycles. The van der Waals surface area contributed by atoms with E-state index in [0.29, 0.717) is 39.4 Å². The number of aromatic nitrogens is 1. The molecule has 6 atom stereocenters. The summed E-state index contributed by atoms with van der Waals surface area (Å²) in [5.41, 5.74) is 4.31. The highest BCUT2D eigenvalue weighted by molar-refractivity contribution is 6.53. The maximum atomic E-state index is 14.3. The van der Waals surface area contributed by atoms with Crippen LogP contribution in [0.5, 0.6) is 5.75 Å². The monoisotopic (exact) mass is 655 g/mol. The molecule has 4 aliphatic rings. The number of hydrogen-bond donors (Lipinski definition) is 1. The summed E-state index contributed by atoms with van der Waals surface area (Å²) < 4.78 is 5.88. The van der Waals surface area contributed by atoms with Gasteiger partial charge in [-0.15, -0.1) is 23.2 Å². The lowest BCUT2D eigenvalue weighted by molar-refractivity contribution is -0.138. The first-order valence-corrected chi connectivity index (χ1v) is 15.7. The highest BCUT2D eigenvalue weighted by Gasteiger charge is 2.75. The molecule has 8 rings (SSSR count). The zero-order chi connectivity index (χ0) is 32.3. The van der Waals surface area contributed by atoms with Gasteiger partial charge in [-0.2, -0.15) is 0 Å². The fraction of sp³-hybridized carbons (Fsp3) is 0.286. The van der Waals surface area contributed by atoms with Crippen LogP contribution in [-0.2, 0) is 19.2 Å². The van der Waals surface area contributed by atoms with Gasteiger partial charge in [0.1, 0.15) is 11.3 Å². The van der Waals surface area contributed by atoms with Crippen LogP contribution in [0.4, 0.5) is 5.69 Å². The number of carbonyl (C=O) groups excluding carboxylic acids is 4. The molecule has 2 saturated heterocycles. The molecule has 4 amide bonds. The van der Waals surface area contributed by atoms with Crippen molar-refractivity contribution in [2.24, 2.45) is 17.8 Å². The van der Waals surface area contributed by atoms with E-state index >= 15 is 0 Å². The number of halogens is 2. The third-order valence-corrected chi connectivity index (χ3v) is 11.6. The number of para-hydroxylation sites is 2. The number of carbonyl (C=O) groups is 4. The van der Waals surface area contributed by atoms with Gasteiger partial charge in [0.25, 0.3) is 11.8 Å². The highest BCUT2D eigenvalue weighted by Crippen LogP contribution is 2.65. The molecule has 6 unspecified atom stereocenters. The quantitative estimate of drug-likeness (QED) is 0.171. The molecule has 1 aromatic heterocycles. The molecular weight excluding hydrogens is 629 g/mol. The van der Waals surface area contributed by atoms with Crippen LogP contribution in [0, 0.1) is 24.7 Å². The van der Waals surface area contributed by atoms with Crippen LogP contribution in [0.25, 0.3) is 22.6 Å². The van der Waals surface area contributed by atoms with Crippen molar-refractivity contribution in [2.75, 3.05) is 11.9 Å². The SMILES string of the molecule is Cc1cc(C2C3=CCC4C(=O)N(c5ccc(-c6nc7ccccc7o6)cc5)C(=O)C4C3CC3(Cl)C(=O)N(C)C(=O)C23Cl)ccc1O. The minimum absolute atomic E-state index is 0.0647. The zero-order valence-electron chi connectivity index (χ0n) is 24.7. The number of oxazole rings is 1. The van der Waals surface area contributed by atoms with Gasteiger partial charge in [-0.05, 0) is 79.3 Å². The van der Waals surface area contributed by atoms with E-state index in [1.165, 1.54) is 18.0 Å². The predicted molar refractivity (Wildman–Crippen MR) is 170 cm³/mol. The summed E-state index contributed by atoms with van der Waals surface area (Å²) >= 11 is 14.4. The van der Waals surface area contributed by atoms with E-state index in [1.54, 1.807) is 43.3 Å². The molecule has 2 aliphatic heterocycles. The van der Waals surface area contributed by atoms with E-state index < -0.39 is 51.1 Å². The number of benzene rings is 3. The van der Waals surface area contributed by atoms with Crippen molar-refractivity contribution < 1.29 is 28.7 Å². The molecule has 3 fully saturated rings. The maximum Gasteiger partial charge on any atom is 0.253 e. The number of phenols is 1. The summed E-state index contributed by atoms with van der Waals surface area (Å²) in [6.07, 6.45) is 2.06. The van der Waals surface area contributed by atoms with E-state index in [-0.39, 0.29) is 24.5 Å². The number of fused-ring (bicyclic) bond motifs is 5. The zero-order valence-corrected chi connectivity index (χ0v) is 26.2. The van der Waals surface area contributed by atoms with E-state index in [0.717, 1.165) is 10.4 Å². The molecule has 46 heavy (non-hydrogen) atoms. The first kappa shape index (κ1) is 29.0. The fourth-order valence-electron chi connectivity index (χ4n) is 7.98. The Kier molecular flexibility index (Phi) is 6.15. The second-order valence-electron chi connectivity index (χ2n) is 12.6. The van der Waals surface area contributed by atoms with Crippen molar-refractivity contribution in [3.63, 3.8) is 0 Å². The van der Waals surface area contributed by atoms with Gasteiger partial charge in [-0.1, -0.05) is 35.9 Å². The molecule has 0 radical (unpaired) electrons. The van der Waals surface area contributed by atoms with Crippen LogP contribution in [-0.4, -0.2) is 55.4 Å². The molecule has 0 bridgehead atoms. The molecular formula is C35H27Cl2N3O6. The Morgan fingerprint density at radius 1 is 0.935 bits per heavy atom. The lowest BCUT2D eigenvalue weighted by Gasteiger charge is -2.50. The number of aromatic hydroxyl groups is 1. The van der Waals surface area contributed by atoms with Crippen molar-refractivity contribution in [1.29, 1.82) is 0 Å². The summed E-state index contributed by atoms with van der Waals surface area (Å²) in [6, 6.07) is 19.2. The van der Waals surface area contributed by atoms with Crippen LogP contribution in [0.3, 0.4) is 0 Å². The summed E-state index contributed by atoms with van der Waals surface area (Å²) in [5.74, 6) is -4.50. The van der Waals surface area contributed by atoms with Crippen molar-refractivity contribution in [3.05, 3.63) is 89.5 Å². The number of alkyl halides is 2. The van der Waals surface area contributed by atoms with Gasteiger partial charge in [0.15, 0.2) is 15.3 Å². The lowest BCUT2D eigenvalue weighted by Crippen LogP contribution is -2.60. The van der Waals surface area contributed by atoms with Crippen LogP contribution >= 0.6 is 23.2 Å². The second kappa shape index (κ2) is 9.77. The predicted octanol–water partition coefficient (Wildman–Crippen LogP) is 5.70. The Bertz CT molecular complexity index is 2020. The van der Waals surface area contributed by atoms with E-state index in [9.17, 15) is 24.3 Å².